The Bertz CT molecular complexity index is 777. The number of amides is 1. The molecule has 2 aliphatic rings. The Morgan fingerprint density at radius 3 is 2.56 bits per heavy atom. The Balaban J connectivity index is 1.68. The minimum atomic E-state index is 0.202. The zero-order valence-electron chi connectivity index (χ0n) is 16.2. The zero-order valence-corrected chi connectivity index (χ0v) is 17.0. The second-order valence-electron chi connectivity index (χ2n) is 7.88. The topological polar surface area (TPSA) is 32.8 Å². The monoisotopic (exact) mass is 384 g/mol. The summed E-state index contributed by atoms with van der Waals surface area (Å²) in [5.41, 5.74) is 2.35. The third-order valence-corrected chi connectivity index (χ3v) is 6.30. The molecule has 0 atom stereocenters. The Hall–Kier alpha value is -1.85. The van der Waals surface area contributed by atoms with Crippen LogP contribution in [0.2, 0.25) is 0 Å². The van der Waals surface area contributed by atoms with Gasteiger partial charge in [-0.3, -0.25) is 4.79 Å². The number of thiophene rings is 1. The van der Waals surface area contributed by atoms with Gasteiger partial charge in [0, 0.05) is 31.2 Å². The van der Waals surface area contributed by atoms with Crippen molar-refractivity contribution in [2.45, 2.75) is 32.7 Å². The molecule has 1 saturated carbocycles. The van der Waals surface area contributed by atoms with Crippen molar-refractivity contribution in [2.24, 2.45) is 5.92 Å². The van der Waals surface area contributed by atoms with E-state index in [-0.39, 0.29) is 5.91 Å². The van der Waals surface area contributed by atoms with Crippen LogP contribution in [-0.2, 0) is 4.74 Å². The first-order valence-corrected chi connectivity index (χ1v) is 10.8. The normalized spacial score (nSPS) is 17.4. The minimum Gasteiger partial charge on any atom is -0.378 e. The number of benzene rings is 1. The van der Waals surface area contributed by atoms with Crippen LogP contribution in [0, 0.1) is 5.92 Å². The van der Waals surface area contributed by atoms with E-state index in [0.29, 0.717) is 12.0 Å². The molecule has 144 valence electrons. The molecule has 0 radical (unpaired) electrons. The molecule has 27 heavy (non-hydrogen) atoms. The van der Waals surface area contributed by atoms with Crippen LogP contribution in [0.4, 0.5) is 5.00 Å². The number of hydrogen-bond donors (Lipinski definition) is 0. The summed E-state index contributed by atoms with van der Waals surface area (Å²) < 4.78 is 5.53. The first-order chi connectivity index (χ1) is 13.1. The van der Waals surface area contributed by atoms with E-state index < -0.39 is 0 Å². The van der Waals surface area contributed by atoms with Crippen molar-refractivity contribution in [2.75, 3.05) is 37.7 Å². The number of hydrogen-bond acceptors (Lipinski definition) is 4. The third-order valence-electron chi connectivity index (χ3n) is 5.12. The third kappa shape index (κ3) is 4.19. The molecule has 2 aromatic rings. The average molecular weight is 385 g/mol. The van der Waals surface area contributed by atoms with E-state index in [2.05, 4.69) is 54.0 Å². The highest BCUT2D eigenvalue weighted by Gasteiger charge is 2.34. The summed E-state index contributed by atoms with van der Waals surface area (Å²) in [6, 6.07) is 13.0. The van der Waals surface area contributed by atoms with Gasteiger partial charge in [-0.1, -0.05) is 44.2 Å². The van der Waals surface area contributed by atoms with Gasteiger partial charge in [0.15, 0.2) is 0 Å². The minimum absolute atomic E-state index is 0.202. The second-order valence-corrected chi connectivity index (χ2v) is 8.91. The predicted molar refractivity (Wildman–Crippen MR) is 112 cm³/mol. The lowest BCUT2D eigenvalue weighted by molar-refractivity contribution is 0.0727. The molecule has 5 heteroatoms. The zero-order chi connectivity index (χ0) is 18.8. The largest absolute Gasteiger partial charge is 0.378 e. The summed E-state index contributed by atoms with van der Waals surface area (Å²) >= 11 is 1.65. The molecule has 4 rings (SSSR count). The highest BCUT2D eigenvalue weighted by atomic mass is 32.1. The number of nitrogens with zero attached hydrogens (tertiary/aromatic N) is 2. The van der Waals surface area contributed by atoms with Crippen LogP contribution in [0.25, 0.3) is 11.1 Å². The first-order valence-electron chi connectivity index (χ1n) is 9.96. The highest BCUT2D eigenvalue weighted by molar-refractivity contribution is 7.18. The van der Waals surface area contributed by atoms with E-state index in [1.54, 1.807) is 11.3 Å². The molecule has 1 aliphatic carbocycles. The fourth-order valence-electron chi connectivity index (χ4n) is 3.63. The second kappa shape index (κ2) is 8.03. The van der Waals surface area contributed by atoms with Gasteiger partial charge in [0.2, 0.25) is 0 Å². The van der Waals surface area contributed by atoms with E-state index in [4.69, 9.17) is 4.74 Å². The number of anilines is 1. The fraction of sp³-hybridized carbons (Fsp3) is 0.500. The molecule has 1 amide bonds. The van der Waals surface area contributed by atoms with Gasteiger partial charge in [0.05, 0.1) is 23.1 Å². The molecule has 0 bridgehead atoms. The van der Waals surface area contributed by atoms with Crippen molar-refractivity contribution >= 4 is 22.2 Å². The number of morpholine rings is 1. The van der Waals surface area contributed by atoms with Crippen LogP contribution >= 0.6 is 11.3 Å². The van der Waals surface area contributed by atoms with Crippen LogP contribution in [-0.4, -0.2) is 49.7 Å². The molecule has 0 unspecified atom stereocenters. The van der Waals surface area contributed by atoms with E-state index in [1.807, 2.05) is 6.07 Å². The van der Waals surface area contributed by atoms with Crippen LogP contribution < -0.4 is 4.90 Å². The smallest absolute Gasteiger partial charge is 0.264 e. The van der Waals surface area contributed by atoms with Crippen LogP contribution in [0.1, 0.15) is 36.4 Å². The summed E-state index contributed by atoms with van der Waals surface area (Å²) in [7, 11) is 0. The molecule has 0 N–H and O–H groups in total. The lowest BCUT2D eigenvalue weighted by atomic mass is 10.1. The molecular formula is C22H28N2O2S. The maximum atomic E-state index is 13.3. The molecule has 2 heterocycles. The average Bonchev–Trinajstić information content (AvgIpc) is 3.44. The van der Waals surface area contributed by atoms with Crippen LogP contribution in [0.5, 0.6) is 0 Å². The number of ether oxygens (including phenoxy) is 1. The van der Waals surface area contributed by atoms with E-state index >= 15 is 0 Å². The lowest BCUT2D eigenvalue weighted by Crippen LogP contribution is -2.36. The molecule has 0 spiro atoms. The Morgan fingerprint density at radius 1 is 1.22 bits per heavy atom. The first kappa shape index (κ1) is 18.5. The van der Waals surface area contributed by atoms with Crippen molar-refractivity contribution in [3.63, 3.8) is 0 Å². The van der Waals surface area contributed by atoms with Gasteiger partial charge in [0.25, 0.3) is 5.91 Å². The Kier molecular flexibility index (Phi) is 5.50. The summed E-state index contributed by atoms with van der Waals surface area (Å²) in [6.45, 7) is 8.47. The standard InChI is InChI=1S/C22H28N2O2S/c1-16(2)15-24(18-8-9-18)21(25)20-14-19(17-6-4-3-5-7-17)22(27-20)23-10-12-26-13-11-23/h3-7,14,16,18H,8-13,15H2,1-2H3. The molecule has 1 aromatic heterocycles. The summed E-state index contributed by atoms with van der Waals surface area (Å²) in [5, 5.41) is 1.20. The van der Waals surface area contributed by atoms with E-state index in [9.17, 15) is 4.79 Å². The lowest BCUT2D eigenvalue weighted by Gasteiger charge is -2.28. The van der Waals surface area contributed by atoms with Gasteiger partial charge in [-0.05, 0) is 30.4 Å². The Morgan fingerprint density at radius 2 is 1.93 bits per heavy atom. The number of carbonyl (C=O) groups is 1. The van der Waals surface area contributed by atoms with E-state index in [1.165, 1.54) is 16.1 Å². The number of rotatable bonds is 6. The molecule has 1 aromatic carbocycles. The molecule has 1 saturated heterocycles. The predicted octanol–water partition coefficient (Wildman–Crippen LogP) is 4.51. The van der Waals surface area contributed by atoms with Crippen LogP contribution in [0.3, 0.4) is 0 Å². The van der Waals surface area contributed by atoms with Crippen molar-refractivity contribution < 1.29 is 9.53 Å². The van der Waals surface area contributed by atoms with E-state index in [0.717, 1.165) is 50.6 Å². The van der Waals surface area contributed by atoms with Crippen LogP contribution in [0.15, 0.2) is 36.4 Å². The van der Waals surface area contributed by atoms with Crippen molar-refractivity contribution in [3.05, 3.63) is 41.3 Å². The number of carbonyl (C=O) groups excluding carboxylic acids is 1. The molecule has 1 aliphatic heterocycles. The molecule has 2 fully saturated rings. The maximum absolute atomic E-state index is 13.3. The van der Waals surface area contributed by atoms with Crippen molar-refractivity contribution in [1.82, 2.24) is 4.90 Å². The van der Waals surface area contributed by atoms with Crippen molar-refractivity contribution in [1.29, 1.82) is 0 Å². The Labute approximate surface area is 165 Å². The van der Waals surface area contributed by atoms with Gasteiger partial charge < -0.3 is 14.5 Å². The summed E-state index contributed by atoms with van der Waals surface area (Å²) in [4.78, 5) is 18.7. The van der Waals surface area contributed by atoms with Gasteiger partial charge >= 0.3 is 0 Å². The molecule has 4 nitrogen and oxygen atoms in total. The van der Waals surface area contributed by atoms with Crippen molar-refractivity contribution in [3.8, 4) is 11.1 Å². The van der Waals surface area contributed by atoms with Gasteiger partial charge in [-0.25, -0.2) is 0 Å². The maximum Gasteiger partial charge on any atom is 0.264 e. The highest BCUT2D eigenvalue weighted by Crippen LogP contribution is 2.41. The summed E-state index contributed by atoms with van der Waals surface area (Å²) in [6.07, 6.45) is 2.29. The van der Waals surface area contributed by atoms with Gasteiger partial charge in [0.1, 0.15) is 0 Å². The molecular weight excluding hydrogens is 356 g/mol. The van der Waals surface area contributed by atoms with Gasteiger partial charge in [-0.2, -0.15) is 0 Å². The summed E-state index contributed by atoms with van der Waals surface area (Å²) in [5.74, 6) is 0.690. The SMILES string of the molecule is CC(C)CN(C(=O)c1cc(-c2ccccc2)c(N2CCOCC2)s1)C1CC1. The fourth-order valence-corrected chi connectivity index (χ4v) is 4.82. The quantitative estimate of drug-likeness (QED) is 0.734. The van der Waals surface area contributed by atoms with Gasteiger partial charge in [-0.15, -0.1) is 11.3 Å².